The molecule has 3 nitrogen and oxygen atoms in total. The number of ether oxygens (including phenoxy) is 1. The molecule has 0 aliphatic rings. The smallest absolute Gasteiger partial charge is 0.167 e. The summed E-state index contributed by atoms with van der Waals surface area (Å²) < 4.78 is 6.02. The molecule has 1 aromatic heterocycles. The van der Waals surface area contributed by atoms with Crippen LogP contribution in [0.25, 0.3) is 10.9 Å². The number of hydrogen-bond acceptors (Lipinski definition) is 2. The van der Waals surface area contributed by atoms with E-state index in [1.54, 1.807) is 13.3 Å². The summed E-state index contributed by atoms with van der Waals surface area (Å²) in [6.45, 7) is 2.56. The molecule has 0 saturated carbocycles. The van der Waals surface area contributed by atoms with E-state index in [2.05, 4.69) is 20.9 Å². The zero-order chi connectivity index (χ0) is 13.1. The molecule has 1 unspecified atom stereocenters. The van der Waals surface area contributed by atoms with Gasteiger partial charge >= 0.3 is 0 Å². The summed E-state index contributed by atoms with van der Waals surface area (Å²) in [6.07, 6.45) is 2.54. The molecule has 0 fully saturated rings. The molecule has 18 heavy (non-hydrogen) atoms. The first kappa shape index (κ1) is 13.3. The van der Waals surface area contributed by atoms with E-state index in [0.717, 1.165) is 27.4 Å². The van der Waals surface area contributed by atoms with Gasteiger partial charge in [0.2, 0.25) is 0 Å². The van der Waals surface area contributed by atoms with Crippen LogP contribution in [0.15, 0.2) is 28.9 Å². The predicted octanol–water partition coefficient (Wildman–Crippen LogP) is 3.79. The molecule has 0 aliphatic carbocycles. The van der Waals surface area contributed by atoms with Gasteiger partial charge in [-0.25, -0.2) is 0 Å². The first-order valence-electron chi connectivity index (χ1n) is 5.93. The molecular weight excluding hydrogens is 294 g/mol. The molecule has 1 N–H and O–H groups in total. The molecule has 0 spiro atoms. The van der Waals surface area contributed by atoms with Gasteiger partial charge in [0.25, 0.3) is 0 Å². The van der Waals surface area contributed by atoms with Crippen LogP contribution in [0.2, 0.25) is 0 Å². The molecule has 0 saturated heterocycles. The van der Waals surface area contributed by atoms with Crippen molar-refractivity contribution in [3.05, 3.63) is 34.4 Å². The molecule has 4 heteroatoms. The Balaban J connectivity index is 2.28. The number of halogens is 1. The van der Waals surface area contributed by atoms with Gasteiger partial charge in [-0.2, -0.15) is 0 Å². The van der Waals surface area contributed by atoms with Crippen LogP contribution >= 0.6 is 15.9 Å². The minimum Gasteiger partial charge on any atom is -0.385 e. The Bertz CT molecular complexity index is 562. The fourth-order valence-corrected chi connectivity index (χ4v) is 2.35. The van der Waals surface area contributed by atoms with Gasteiger partial charge in [-0.3, -0.25) is 4.79 Å². The van der Waals surface area contributed by atoms with Gasteiger partial charge in [0, 0.05) is 46.8 Å². The molecule has 96 valence electrons. The Kier molecular flexibility index (Phi) is 4.19. The zero-order valence-corrected chi connectivity index (χ0v) is 12.1. The molecule has 0 aliphatic heterocycles. The lowest BCUT2D eigenvalue weighted by molar-refractivity contribution is 0.0895. The molecule has 1 heterocycles. The molecule has 2 rings (SSSR count). The largest absolute Gasteiger partial charge is 0.385 e. The molecule has 1 aromatic carbocycles. The number of aromatic nitrogens is 1. The van der Waals surface area contributed by atoms with Crippen LogP contribution in [-0.4, -0.2) is 24.5 Å². The van der Waals surface area contributed by atoms with Crippen LogP contribution in [-0.2, 0) is 4.74 Å². The van der Waals surface area contributed by atoms with Crippen molar-refractivity contribution in [2.24, 2.45) is 5.92 Å². The number of rotatable bonds is 5. The maximum Gasteiger partial charge on any atom is 0.167 e. The summed E-state index contributed by atoms with van der Waals surface area (Å²) in [7, 11) is 1.65. The number of nitrogens with one attached hydrogen (secondary N) is 1. The quantitative estimate of drug-likeness (QED) is 0.854. The van der Waals surface area contributed by atoms with Crippen molar-refractivity contribution in [3.63, 3.8) is 0 Å². The highest BCUT2D eigenvalue weighted by molar-refractivity contribution is 9.10. The van der Waals surface area contributed by atoms with E-state index in [9.17, 15) is 4.79 Å². The number of Topliss-reactive ketones (excluding diaryl/α,β-unsaturated/α-hetero) is 1. The van der Waals surface area contributed by atoms with Crippen molar-refractivity contribution >= 4 is 32.6 Å². The van der Waals surface area contributed by atoms with Gasteiger partial charge in [-0.05, 0) is 18.6 Å². The van der Waals surface area contributed by atoms with Crippen LogP contribution in [0.1, 0.15) is 23.7 Å². The number of H-pyrrole nitrogens is 1. The summed E-state index contributed by atoms with van der Waals surface area (Å²) in [4.78, 5) is 15.5. The third-order valence-corrected chi connectivity index (χ3v) is 3.61. The normalized spacial score (nSPS) is 12.8. The molecule has 2 aromatic rings. The third kappa shape index (κ3) is 2.65. The monoisotopic (exact) mass is 309 g/mol. The van der Waals surface area contributed by atoms with Crippen molar-refractivity contribution in [1.82, 2.24) is 4.98 Å². The molecule has 0 amide bonds. The SMILES string of the molecule is COCCC(C)C(=O)c1c[nH]c2cc(Br)ccc12. The minimum absolute atomic E-state index is 0.0207. The lowest BCUT2D eigenvalue weighted by Gasteiger charge is -2.08. The van der Waals surface area contributed by atoms with Gasteiger partial charge in [0.1, 0.15) is 0 Å². The predicted molar refractivity (Wildman–Crippen MR) is 76.0 cm³/mol. The summed E-state index contributed by atoms with van der Waals surface area (Å²) >= 11 is 3.42. The summed E-state index contributed by atoms with van der Waals surface area (Å²) in [6, 6.07) is 5.89. The van der Waals surface area contributed by atoms with E-state index < -0.39 is 0 Å². The number of fused-ring (bicyclic) bond motifs is 1. The van der Waals surface area contributed by atoms with Crippen molar-refractivity contribution < 1.29 is 9.53 Å². The number of benzene rings is 1. The van der Waals surface area contributed by atoms with Crippen molar-refractivity contribution in [2.45, 2.75) is 13.3 Å². The first-order chi connectivity index (χ1) is 8.63. The maximum atomic E-state index is 12.3. The number of carbonyl (C=O) groups excluding carboxylic acids is 1. The van der Waals surface area contributed by atoms with E-state index in [1.165, 1.54) is 0 Å². The van der Waals surface area contributed by atoms with E-state index in [0.29, 0.717) is 6.61 Å². The zero-order valence-electron chi connectivity index (χ0n) is 10.5. The van der Waals surface area contributed by atoms with E-state index in [4.69, 9.17) is 4.74 Å². The average Bonchev–Trinajstić information content (AvgIpc) is 2.77. The van der Waals surface area contributed by atoms with Gasteiger partial charge < -0.3 is 9.72 Å². The number of carbonyl (C=O) groups is 1. The van der Waals surface area contributed by atoms with Crippen LogP contribution in [0.5, 0.6) is 0 Å². The molecule has 0 radical (unpaired) electrons. The van der Waals surface area contributed by atoms with Crippen molar-refractivity contribution in [1.29, 1.82) is 0 Å². The van der Waals surface area contributed by atoms with E-state index in [1.807, 2.05) is 25.1 Å². The number of ketones is 1. The summed E-state index contributed by atoms with van der Waals surface area (Å²) in [5.74, 6) is 0.146. The summed E-state index contributed by atoms with van der Waals surface area (Å²) in [5, 5.41) is 0.979. The molecular formula is C14H16BrNO2. The second kappa shape index (κ2) is 5.67. The third-order valence-electron chi connectivity index (χ3n) is 3.11. The van der Waals surface area contributed by atoms with Crippen LogP contribution in [0.4, 0.5) is 0 Å². The van der Waals surface area contributed by atoms with Gasteiger partial charge in [-0.1, -0.05) is 28.9 Å². The molecule has 0 bridgehead atoms. The minimum atomic E-state index is -0.0207. The fraction of sp³-hybridized carbons (Fsp3) is 0.357. The van der Waals surface area contributed by atoms with Gasteiger partial charge in [0.05, 0.1) is 0 Å². The Hall–Kier alpha value is -1.13. The fourth-order valence-electron chi connectivity index (χ4n) is 1.99. The topological polar surface area (TPSA) is 42.1 Å². The second-order valence-corrected chi connectivity index (χ2v) is 5.35. The standard InChI is InChI=1S/C14H16BrNO2/c1-9(5-6-18-2)14(17)12-8-16-13-7-10(15)3-4-11(12)13/h3-4,7-9,16H,5-6H2,1-2H3. The van der Waals surface area contributed by atoms with Crippen LogP contribution in [0.3, 0.4) is 0 Å². The highest BCUT2D eigenvalue weighted by atomic mass is 79.9. The molecule has 1 atom stereocenters. The number of hydrogen-bond donors (Lipinski definition) is 1. The Morgan fingerprint density at radius 3 is 3.00 bits per heavy atom. The van der Waals surface area contributed by atoms with Gasteiger partial charge in [0.15, 0.2) is 5.78 Å². The van der Waals surface area contributed by atoms with Gasteiger partial charge in [-0.15, -0.1) is 0 Å². The number of methoxy groups -OCH3 is 1. The van der Waals surface area contributed by atoms with Crippen LogP contribution in [0, 0.1) is 5.92 Å². The maximum absolute atomic E-state index is 12.3. The van der Waals surface area contributed by atoms with Crippen molar-refractivity contribution in [2.75, 3.05) is 13.7 Å². The Labute approximate surface area is 115 Å². The Morgan fingerprint density at radius 2 is 2.28 bits per heavy atom. The Morgan fingerprint density at radius 1 is 1.50 bits per heavy atom. The van der Waals surface area contributed by atoms with Crippen molar-refractivity contribution in [3.8, 4) is 0 Å². The highest BCUT2D eigenvalue weighted by Gasteiger charge is 2.18. The lowest BCUT2D eigenvalue weighted by Crippen LogP contribution is -2.13. The van der Waals surface area contributed by atoms with E-state index in [-0.39, 0.29) is 11.7 Å². The van der Waals surface area contributed by atoms with Crippen LogP contribution < -0.4 is 0 Å². The number of aromatic amines is 1. The second-order valence-electron chi connectivity index (χ2n) is 4.44. The first-order valence-corrected chi connectivity index (χ1v) is 6.72. The summed E-state index contributed by atoms with van der Waals surface area (Å²) in [5.41, 5.74) is 1.74. The highest BCUT2D eigenvalue weighted by Crippen LogP contribution is 2.24. The van der Waals surface area contributed by atoms with E-state index >= 15 is 0 Å². The lowest BCUT2D eigenvalue weighted by atomic mass is 9.96. The average molecular weight is 310 g/mol.